The van der Waals surface area contributed by atoms with Gasteiger partial charge in [0, 0.05) is 18.3 Å². The maximum absolute atomic E-state index is 12.5. The van der Waals surface area contributed by atoms with Crippen molar-refractivity contribution in [2.45, 2.75) is 45.1 Å². The molecule has 26 heavy (non-hydrogen) atoms. The first-order chi connectivity index (χ1) is 12.1. The van der Waals surface area contributed by atoms with E-state index >= 15 is 0 Å². The van der Waals surface area contributed by atoms with Crippen molar-refractivity contribution in [3.05, 3.63) is 24.3 Å². The highest BCUT2D eigenvalue weighted by atomic mass is 19.4. The van der Waals surface area contributed by atoms with Gasteiger partial charge >= 0.3 is 6.36 Å². The van der Waals surface area contributed by atoms with Gasteiger partial charge in [-0.3, -0.25) is 9.59 Å². The minimum Gasteiger partial charge on any atom is -0.406 e. The number of hydrogen-bond acceptors (Lipinski definition) is 4. The van der Waals surface area contributed by atoms with Crippen molar-refractivity contribution in [3.63, 3.8) is 0 Å². The van der Waals surface area contributed by atoms with Gasteiger partial charge in [0.25, 0.3) is 0 Å². The van der Waals surface area contributed by atoms with E-state index in [1.54, 1.807) is 0 Å². The highest BCUT2D eigenvalue weighted by Crippen LogP contribution is 2.29. The first kappa shape index (κ1) is 20.0. The van der Waals surface area contributed by atoms with E-state index in [4.69, 9.17) is 5.73 Å². The zero-order valence-corrected chi connectivity index (χ0v) is 14.5. The van der Waals surface area contributed by atoms with E-state index in [9.17, 15) is 22.8 Å². The van der Waals surface area contributed by atoms with Crippen LogP contribution in [-0.4, -0.2) is 36.8 Å². The zero-order chi connectivity index (χ0) is 19.5. The first-order valence-electron chi connectivity index (χ1n) is 8.30. The Balaban J connectivity index is 2.03. The number of rotatable bonds is 6. The second-order valence-electron chi connectivity index (χ2n) is 6.62. The lowest BCUT2D eigenvalue weighted by Gasteiger charge is -2.20. The van der Waals surface area contributed by atoms with Gasteiger partial charge in [0.15, 0.2) is 0 Å². The number of nitrogens with zero attached hydrogens (tertiary/aromatic N) is 1. The molecule has 2 rings (SSSR count). The standard InChI is InChI=1S/C17H22F3N3O3/c1-10(2)8-13(21)15(24)22-14-6-7-23(16(14)25)11-4-3-5-12(9-11)26-17(18,19)20/h3-5,9-10,13-14H,6-8,21H2,1-2H3,(H,22,24)/t13-,14?/m0/s1. The van der Waals surface area contributed by atoms with Crippen LogP contribution in [0.4, 0.5) is 18.9 Å². The number of amides is 2. The summed E-state index contributed by atoms with van der Waals surface area (Å²) < 4.78 is 40.9. The number of benzene rings is 1. The second-order valence-corrected chi connectivity index (χ2v) is 6.62. The summed E-state index contributed by atoms with van der Waals surface area (Å²) in [7, 11) is 0. The molecule has 0 saturated carbocycles. The van der Waals surface area contributed by atoms with Gasteiger partial charge in [-0.15, -0.1) is 13.2 Å². The van der Waals surface area contributed by atoms with Crippen LogP contribution in [0, 0.1) is 5.92 Å². The van der Waals surface area contributed by atoms with Gasteiger partial charge in [0.2, 0.25) is 11.8 Å². The predicted molar refractivity (Wildman–Crippen MR) is 89.5 cm³/mol. The number of halogens is 3. The van der Waals surface area contributed by atoms with Crippen molar-refractivity contribution in [1.82, 2.24) is 5.32 Å². The monoisotopic (exact) mass is 373 g/mol. The molecule has 0 aliphatic carbocycles. The molecule has 0 spiro atoms. The Morgan fingerprint density at radius 2 is 2.12 bits per heavy atom. The van der Waals surface area contributed by atoms with Crippen LogP contribution in [0.1, 0.15) is 26.7 Å². The Morgan fingerprint density at radius 3 is 2.73 bits per heavy atom. The molecule has 1 aromatic rings. The normalized spacial score (nSPS) is 19.0. The highest BCUT2D eigenvalue weighted by molar-refractivity contribution is 6.01. The Bertz CT molecular complexity index is 664. The van der Waals surface area contributed by atoms with Crippen LogP contribution in [0.2, 0.25) is 0 Å². The minimum absolute atomic E-state index is 0.239. The van der Waals surface area contributed by atoms with Crippen molar-refractivity contribution in [2.75, 3.05) is 11.4 Å². The molecule has 1 aliphatic heterocycles. The van der Waals surface area contributed by atoms with Gasteiger partial charge in [-0.2, -0.15) is 0 Å². The average molecular weight is 373 g/mol. The molecule has 9 heteroatoms. The SMILES string of the molecule is CC(C)C[C@H](N)C(=O)NC1CCN(c2cccc(OC(F)(F)F)c2)C1=O. The molecule has 3 N–H and O–H groups in total. The zero-order valence-electron chi connectivity index (χ0n) is 14.5. The van der Waals surface area contributed by atoms with Crippen LogP contribution in [0.25, 0.3) is 0 Å². The molecule has 1 aromatic carbocycles. The molecule has 1 heterocycles. The van der Waals surface area contributed by atoms with Crippen molar-refractivity contribution >= 4 is 17.5 Å². The van der Waals surface area contributed by atoms with Crippen molar-refractivity contribution in [2.24, 2.45) is 11.7 Å². The summed E-state index contributed by atoms with van der Waals surface area (Å²) in [5, 5.41) is 2.62. The number of carbonyl (C=O) groups excluding carboxylic acids is 2. The lowest BCUT2D eigenvalue weighted by atomic mass is 10.0. The quantitative estimate of drug-likeness (QED) is 0.801. The number of alkyl halides is 3. The lowest BCUT2D eigenvalue weighted by Crippen LogP contribution is -2.48. The van der Waals surface area contributed by atoms with Gasteiger partial charge in [0.1, 0.15) is 11.8 Å². The molecule has 1 fully saturated rings. The summed E-state index contributed by atoms with van der Waals surface area (Å²) in [5.41, 5.74) is 6.08. The minimum atomic E-state index is -4.81. The molecule has 2 amide bonds. The Kier molecular flexibility index (Phi) is 6.12. The third-order valence-corrected chi connectivity index (χ3v) is 3.95. The topological polar surface area (TPSA) is 84.7 Å². The summed E-state index contributed by atoms with van der Waals surface area (Å²) >= 11 is 0. The van der Waals surface area contributed by atoms with Crippen molar-refractivity contribution in [3.8, 4) is 5.75 Å². The predicted octanol–water partition coefficient (Wildman–Crippen LogP) is 2.18. The third kappa shape index (κ3) is 5.35. The molecule has 144 valence electrons. The molecule has 0 aromatic heterocycles. The number of nitrogens with one attached hydrogen (secondary N) is 1. The fraction of sp³-hybridized carbons (Fsp3) is 0.529. The van der Waals surface area contributed by atoms with Crippen molar-refractivity contribution in [1.29, 1.82) is 0 Å². The highest BCUT2D eigenvalue weighted by Gasteiger charge is 2.35. The molecular formula is C17H22F3N3O3. The molecule has 0 bridgehead atoms. The maximum atomic E-state index is 12.5. The molecule has 6 nitrogen and oxygen atoms in total. The van der Waals surface area contributed by atoms with Crippen molar-refractivity contribution < 1.29 is 27.5 Å². The van der Waals surface area contributed by atoms with E-state index < -0.39 is 30.1 Å². The fourth-order valence-corrected chi connectivity index (χ4v) is 2.81. The van der Waals surface area contributed by atoms with E-state index in [1.807, 2.05) is 13.8 Å². The molecule has 2 atom stereocenters. The number of ether oxygens (including phenoxy) is 1. The van der Waals surface area contributed by atoms with Crippen LogP contribution in [0.15, 0.2) is 24.3 Å². The Labute approximate surface area is 149 Å². The molecule has 0 radical (unpaired) electrons. The maximum Gasteiger partial charge on any atom is 0.573 e. The molecule has 1 saturated heterocycles. The van der Waals surface area contributed by atoms with Gasteiger partial charge in [-0.1, -0.05) is 19.9 Å². The van der Waals surface area contributed by atoms with Crippen LogP contribution in [0.5, 0.6) is 5.75 Å². The van der Waals surface area contributed by atoms with E-state index in [0.717, 1.165) is 12.1 Å². The first-order valence-corrected chi connectivity index (χ1v) is 8.30. The smallest absolute Gasteiger partial charge is 0.406 e. The van der Waals surface area contributed by atoms with E-state index in [2.05, 4.69) is 10.1 Å². The van der Waals surface area contributed by atoms with E-state index in [1.165, 1.54) is 17.0 Å². The molecule has 1 unspecified atom stereocenters. The Hall–Kier alpha value is -2.29. The lowest BCUT2D eigenvalue weighted by molar-refractivity contribution is -0.274. The summed E-state index contributed by atoms with van der Waals surface area (Å²) in [6.07, 6.45) is -3.96. The Morgan fingerprint density at radius 1 is 1.42 bits per heavy atom. The summed E-state index contributed by atoms with van der Waals surface area (Å²) in [5.74, 6) is -0.968. The van der Waals surface area contributed by atoms with Gasteiger partial charge in [-0.05, 0) is 30.9 Å². The second kappa shape index (κ2) is 7.94. The molecule has 1 aliphatic rings. The van der Waals surface area contributed by atoms with E-state index in [-0.39, 0.29) is 24.1 Å². The average Bonchev–Trinajstić information content (AvgIpc) is 2.86. The van der Waals surface area contributed by atoms with Crippen LogP contribution < -0.4 is 20.7 Å². The summed E-state index contributed by atoms with van der Waals surface area (Å²) in [6.45, 7) is 4.15. The van der Waals surface area contributed by atoms with Gasteiger partial charge < -0.3 is 20.7 Å². The largest absolute Gasteiger partial charge is 0.573 e. The number of carbonyl (C=O) groups is 2. The number of hydrogen-bond donors (Lipinski definition) is 2. The van der Waals surface area contributed by atoms with Gasteiger partial charge in [0.05, 0.1) is 6.04 Å². The van der Waals surface area contributed by atoms with Crippen LogP contribution in [0.3, 0.4) is 0 Å². The van der Waals surface area contributed by atoms with Gasteiger partial charge in [-0.25, -0.2) is 0 Å². The third-order valence-electron chi connectivity index (χ3n) is 3.95. The van der Waals surface area contributed by atoms with Crippen LogP contribution in [-0.2, 0) is 9.59 Å². The molecular weight excluding hydrogens is 351 g/mol. The van der Waals surface area contributed by atoms with Crippen LogP contribution >= 0.6 is 0 Å². The fourth-order valence-electron chi connectivity index (χ4n) is 2.81. The number of anilines is 1. The van der Waals surface area contributed by atoms with E-state index in [0.29, 0.717) is 12.8 Å². The number of nitrogens with two attached hydrogens (primary N) is 1. The summed E-state index contributed by atoms with van der Waals surface area (Å²) in [4.78, 5) is 25.9. The summed E-state index contributed by atoms with van der Waals surface area (Å²) in [6, 6.07) is 3.72.